The van der Waals surface area contributed by atoms with Crippen molar-refractivity contribution >= 4 is 54.2 Å². The highest BCUT2D eigenvalue weighted by Gasteiger charge is 2.41. The molecule has 194 valence electrons. The SMILES string of the molecule is CC1CC=CC=C1c1cc(C2=CCCCC2)cc(N2c3c(ccc4c3sc3ccccc34)C3CCC=CC32)n1. The minimum Gasteiger partial charge on any atom is -0.317 e. The van der Waals surface area contributed by atoms with Gasteiger partial charge in [-0.25, -0.2) is 4.98 Å². The minimum atomic E-state index is 0.318. The second kappa shape index (κ2) is 9.34. The molecule has 39 heavy (non-hydrogen) atoms. The fraction of sp³-hybridized carbons (Fsp3) is 0.306. The zero-order valence-electron chi connectivity index (χ0n) is 22.6. The van der Waals surface area contributed by atoms with Crippen molar-refractivity contribution in [3.8, 4) is 0 Å². The Hall–Kier alpha value is -3.43. The average Bonchev–Trinajstić information content (AvgIpc) is 3.54. The summed E-state index contributed by atoms with van der Waals surface area (Å²) in [6.45, 7) is 2.34. The lowest BCUT2D eigenvalue weighted by molar-refractivity contribution is 0.571. The lowest BCUT2D eigenvalue weighted by Gasteiger charge is -2.31. The molecule has 3 heteroatoms. The van der Waals surface area contributed by atoms with Crippen molar-refractivity contribution in [3.05, 3.63) is 102 Å². The first kappa shape index (κ1) is 23.5. The summed E-state index contributed by atoms with van der Waals surface area (Å²) in [4.78, 5) is 8.12. The van der Waals surface area contributed by atoms with Gasteiger partial charge in [0, 0.05) is 21.4 Å². The Morgan fingerprint density at radius 2 is 1.92 bits per heavy atom. The first-order valence-corrected chi connectivity index (χ1v) is 15.6. The van der Waals surface area contributed by atoms with E-state index in [2.05, 4.69) is 96.8 Å². The number of allylic oxidation sites excluding steroid dienone is 7. The summed E-state index contributed by atoms with van der Waals surface area (Å²) >= 11 is 1.95. The standard InChI is InChI=1S/C36H34N2S/c1-23-11-5-6-14-26(23)31-21-25(24-12-3-2-4-13-24)22-34(37-31)38-32-17-9-7-15-27(32)29-19-20-30-28-16-8-10-18-33(28)39-36(30)35(29)38/h5-6,8-10,12,14,16-23,27,32H,2-4,7,11,13,15H2,1H3. The molecule has 0 spiro atoms. The molecule has 0 amide bonds. The number of nitrogens with zero attached hydrogens (tertiary/aromatic N) is 2. The van der Waals surface area contributed by atoms with Gasteiger partial charge >= 0.3 is 0 Å². The van der Waals surface area contributed by atoms with Crippen molar-refractivity contribution in [1.82, 2.24) is 4.98 Å². The summed E-state index contributed by atoms with van der Waals surface area (Å²) in [7, 11) is 0. The number of pyridine rings is 1. The molecule has 4 aliphatic rings. The topological polar surface area (TPSA) is 16.1 Å². The Kier molecular flexibility index (Phi) is 5.62. The van der Waals surface area contributed by atoms with Gasteiger partial charge in [-0.3, -0.25) is 0 Å². The van der Waals surface area contributed by atoms with Crippen LogP contribution in [0.5, 0.6) is 0 Å². The van der Waals surface area contributed by atoms with Gasteiger partial charge in [0.2, 0.25) is 0 Å². The molecular formula is C36H34N2S. The van der Waals surface area contributed by atoms with Gasteiger partial charge in [-0.2, -0.15) is 0 Å². The number of thiophene rings is 1. The first-order chi connectivity index (χ1) is 19.3. The Morgan fingerprint density at radius 3 is 2.82 bits per heavy atom. The number of hydrogen-bond acceptors (Lipinski definition) is 3. The maximum Gasteiger partial charge on any atom is 0.134 e. The van der Waals surface area contributed by atoms with Crippen molar-refractivity contribution < 1.29 is 0 Å². The smallest absolute Gasteiger partial charge is 0.134 e. The Morgan fingerprint density at radius 1 is 0.974 bits per heavy atom. The lowest BCUT2D eigenvalue weighted by Crippen LogP contribution is -2.30. The second-order valence-corrected chi connectivity index (χ2v) is 12.8. The van der Waals surface area contributed by atoms with E-state index in [0.717, 1.165) is 24.4 Å². The number of aromatic nitrogens is 1. The van der Waals surface area contributed by atoms with E-state index in [9.17, 15) is 0 Å². The number of rotatable bonds is 3. The zero-order chi connectivity index (χ0) is 25.9. The van der Waals surface area contributed by atoms with Crippen LogP contribution in [0.25, 0.3) is 31.3 Å². The van der Waals surface area contributed by atoms with Crippen LogP contribution in [-0.4, -0.2) is 11.0 Å². The van der Waals surface area contributed by atoms with Crippen LogP contribution in [0.2, 0.25) is 0 Å². The summed E-state index contributed by atoms with van der Waals surface area (Å²) in [6, 6.07) is 18.8. The summed E-state index contributed by atoms with van der Waals surface area (Å²) in [6.07, 6.45) is 22.5. The molecule has 4 aromatic rings. The molecular weight excluding hydrogens is 492 g/mol. The van der Waals surface area contributed by atoms with Gasteiger partial charge in [0.15, 0.2) is 0 Å². The van der Waals surface area contributed by atoms with Gasteiger partial charge in [-0.05, 0) is 91.3 Å². The minimum absolute atomic E-state index is 0.318. The lowest BCUT2D eigenvalue weighted by atomic mass is 9.86. The van der Waals surface area contributed by atoms with Gasteiger partial charge in [0.25, 0.3) is 0 Å². The Balaban J connectivity index is 1.38. The van der Waals surface area contributed by atoms with Gasteiger partial charge in [-0.15, -0.1) is 11.3 Å². The predicted octanol–water partition coefficient (Wildman–Crippen LogP) is 10.3. The normalized spacial score (nSPS) is 24.1. The number of hydrogen-bond donors (Lipinski definition) is 0. The Bertz CT molecular complexity index is 1730. The Labute approximate surface area is 235 Å². The number of anilines is 2. The van der Waals surface area contributed by atoms with Crippen LogP contribution in [0.4, 0.5) is 11.5 Å². The summed E-state index contributed by atoms with van der Waals surface area (Å²) in [5.41, 5.74) is 8.29. The van der Waals surface area contributed by atoms with Gasteiger partial charge in [0.1, 0.15) is 5.82 Å². The molecule has 1 aliphatic heterocycles. The van der Waals surface area contributed by atoms with E-state index >= 15 is 0 Å². The third kappa shape index (κ3) is 3.77. The molecule has 0 saturated carbocycles. The van der Waals surface area contributed by atoms with Gasteiger partial charge in [0.05, 0.1) is 22.1 Å². The monoisotopic (exact) mass is 526 g/mol. The molecule has 2 nitrogen and oxygen atoms in total. The van der Waals surface area contributed by atoms with E-state index in [1.807, 2.05) is 11.3 Å². The highest BCUT2D eigenvalue weighted by Crippen LogP contribution is 2.54. The van der Waals surface area contributed by atoms with Gasteiger partial charge in [-0.1, -0.05) is 73.7 Å². The molecule has 3 aliphatic carbocycles. The molecule has 0 bridgehead atoms. The number of fused-ring (bicyclic) bond motifs is 7. The van der Waals surface area contributed by atoms with Crippen molar-refractivity contribution in [3.63, 3.8) is 0 Å². The molecule has 0 radical (unpaired) electrons. The number of benzene rings is 2. The molecule has 0 fully saturated rings. The van der Waals surface area contributed by atoms with Crippen LogP contribution in [0.3, 0.4) is 0 Å². The van der Waals surface area contributed by atoms with Crippen molar-refractivity contribution in [2.45, 2.75) is 63.8 Å². The highest BCUT2D eigenvalue weighted by atomic mass is 32.1. The third-order valence-corrected chi connectivity index (χ3v) is 10.5. The molecule has 0 saturated heterocycles. The molecule has 3 atom stereocenters. The van der Waals surface area contributed by atoms with E-state index in [1.165, 1.54) is 80.2 Å². The van der Waals surface area contributed by atoms with Crippen LogP contribution >= 0.6 is 11.3 Å². The quantitative estimate of drug-likeness (QED) is 0.247. The van der Waals surface area contributed by atoms with E-state index in [1.54, 1.807) is 0 Å². The van der Waals surface area contributed by atoms with Crippen molar-refractivity contribution in [2.75, 3.05) is 4.90 Å². The van der Waals surface area contributed by atoms with E-state index in [-0.39, 0.29) is 0 Å². The highest BCUT2D eigenvalue weighted by molar-refractivity contribution is 7.26. The van der Waals surface area contributed by atoms with Crippen LogP contribution in [0.15, 0.2) is 85.0 Å². The molecule has 2 aromatic carbocycles. The molecule has 2 aromatic heterocycles. The second-order valence-electron chi connectivity index (χ2n) is 11.7. The summed E-state index contributed by atoms with van der Waals surface area (Å²) < 4.78 is 2.78. The molecule has 8 rings (SSSR count). The fourth-order valence-corrected chi connectivity index (χ4v) is 8.59. The maximum atomic E-state index is 5.50. The van der Waals surface area contributed by atoms with E-state index < -0.39 is 0 Å². The molecule has 3 heterocycles. The maximum absolute atomic E-state index is 5.50. The first-order valence-electron chi connectivity index (χ1n) is 14.7. The summed E-state index contributed by atoms with van der Waals surface area (Å²) in [5, 5.41) is 2.75. The molecule has 0 N–H and O–H groups in total. The zero-order valence-corrected chi connectivity index (χ0v) is 23.4. The average molecular weight is 527 g/mol. The predicted molar refractivity (Wildman–Crippen MR) is 168 cm³/mol. The van der Waals surface area contributed by atoms with Crippen LogP contribution < -0.4 is 4.90 Å². The van der Waals surface area contributed by atoms with Crippen LogP contribution in [-0.2, 0) is 0 Å². The van der Waals surface area contributed by atoms with E-state index in [0.29, 0.717) is 17.9 Å². The largest absolute Gasteiger partial charge is 0.317 e. The third-order valence-electron chi connectivity index (χ3n) is 9.33. The van der Waals surface area contributed by atoms with E-state index in [4.69, 9.17) is 4.98 Å². The van der Waals surface area contributed by atoms with Crippen LogP contribution in [0.1, 0.15) is 74.6 Å². The fourth-order valence-electron chi connectivity index (χ4n) is 7.33. The van der Waals surface area contributed by atoms with Crippen LogP contribution in [0, 0.1) is 5.92 Å². The van der Waals surface area contributed by atoms with Crippen molar-refractivity contribution in [2.24, 2.45) is 5.92 Å². The molecule has 3 unspecified atom stereocenters. The van der Waals surface area contributed by atoms with Gasteiger partial charge < -0.3 is 4.90 Å². The summed E-state index contributed by atoms with van der Waals surface area (Å²) in [5.74, 6) is 2.11. The van der Waals surface area contributed by atoms with Crippen molar-refractivity contribution in [1.29, 1.82) is 0 Å².